The van der Waals surface area contributed by atoms with Crippen LogP contribution in [0.3, 0.4) is 0 Å². The van der Waals surface area contributed by atoms with Gasteiger partial charge in [-0.05, 0) is 18.2 Å². The lowest BCUT2D eigenvalue weighted by Crippen LogP contribution is -2.47. The van der Waals surface area contributed by atoms with Gasteiger partial charge in [0.05, 0.1) is 37.4 Å². The molecule has 0 unspecified atom stereocenters. The molecule has 0 bridgehead atoms. The van der Waals surface area contributed by atoms with Crippen molar-refractivity contribution in [2.24, 2.45) is 0 Å². The van der Waals surface area contributed by atoms with Crippen LogP contribution >= 0.6 is 0 Å². The highest BCUT2D eigenvalue weighted by Gasteiger charge is 2.28. The Morgan fingerprint density at radius 3 is 2.64 bits per heavy atom. The first-order valence-electron chi connectivity index (χ1n) is 8.09. The zero-order valence-electron chi connectivity index (χ0n) is 14.7. The number of hydrogen-bond donors (Lipinski definition) is 3. The molecule has 0 radical (unpaired) electrons. The van der Waals surface area contributed by atoms with Gasteiger partial charge in [-0.2, -0.15) is 0 Å². The quantitative estimate of drug-likeness (QED) is 0.635. The maximum atomic E-state index is 12.1. The van der Waals surface area contributed by atoms with Crippen LogP contribution in [0.2, 0.25) is 0 Å². The van der Waals surface area contributed by atoms with E-state index in [-0.39, 0.29) is 37.5 Å². The fourth-order valence-electron chi connectivity index (χ4n) is 2.65. The molecule has 1 aromatic rings. The molecule has 1 aromatic carbocycles. The molecule has 0 aromatic heterocycles. The molecular weight excluding hydrogens is 326 g/mol. The summed E-state index contributed by atoms with van der Waals surface area (Å²) in [7, 11) is 5.22. The lowest BCUT2D eigenvalue weighted by molar-refractivity contribution is -0.123. The monoisotopic (exact) mass is 351 g/mol. The van der Waals surface area contributed by atoms with Crippen molar-refractivity contribution in [3.63, 3.8) is 0 Å². The largest absolute Gasteiger partial charge is 0.489 e. The molecule has 8 nitrogen and oxygen atoms in total. The first-order valence-corrected chi connectivity index (χ1v) is 8.09. The topological polar surface area (TPSA) is 102 Å². The molecule has 25 heavy (non-hydrogen) atoms. The molecule has 2 rings (SSSR count). The summed E-state index contributed by atoms with van der Waals surface area (Å²) in [6.07, 6.45) is 0.151. The maximum absolute atomic E-state index is 12.1. The predicted octanol–water partition coefficient (Wildman–Crippen LogP) is -0.555. The van der Waals surface area contributed by atoms with Gasteiger partial charge in [-0.3, -0.25) is 9.59 Å². The molecule has 3 N–H and O–H groups in total. The zero-order valence-corrected chi connectivity index (χ0v) is 14.7. The number of nitrogens with one attached hydrogen (secondary N) is 1. The number of rotatable bonds is 6. The van der Waals surface area contributed by atoms with Crippen LogP contribution in [0.1, 0.15) is 16.8 Å². The van der Waals surface area contributed by atoms with E-state index in [4.69, 9.17) is 14.9 Å². The zero-order chi connectivity index (χ0) is 18.6. The van der Waals surface area contributed by atoms with Gasteiger partial charge in [0.1, 0.15) is 12.4 Å². The van der Waals surface area contributed by atoms with Gasteiger partial charge in [0.15, 0.2) is 0 Å². The van der Waals surface area contributed by atoms with Gasteiger partial charge in [-0.1, -0.05) is 0 Å². The van der Waals surface area contributed by atoms with Crippen LogP contribution < -0.4 is 15.0 Å². The van der Waals surface area contributed by atoms with E-state index in [2.05, 4.69) is 5.32 Å². The van der Waals surface area contributed by atoms with Crippen molar-refractivity contribution in [2.75, 3.05) is 45.9 Å². The van der Waals surface area contributed by atoms with Crippen molar-refractivity contribution < 1.29 is 24.5 Å². The minimum Gasteiger partial charge on any atom is -0.489 e. The number of hydrogen-bond acceptors (Lipinski definition) is 6. The second-order valence-corrected chi connectivity index (χ2v) is 6.29. The average molecular weight is 351 g/mol. The van der Waals surface area contributed by atoms with Crippen LogP contribution in [-0.2, 0) is 4.79 Å². The SMILES string of the molecule is CN(C)C(=O)c1ccc2c(c1)N(C)[C@H](CC(=O)NC(CO)CO)CO2. The molecule has 138 valence electrons. The highest BCUT2D eigenvalue weighted by Crippen LogP contribution is 2.34. The first kappa shape index (κ1) is 19.0. The van der Waals surface area contributed by atoms with Crippen LogP contribution in [0.15, 0.2) is 18.2 Å². The summed E-state index contributed by atoms with van der Waals surface area (Å²) in [5, 5.41) is 20.7. The van der Waals surface area contributed by atoms with Crippen molar-refractivity contribution in [3.05, 3.63) is 23.8 Å². The third kappa shape index (κ3) is 4.40. The normalized spacial score (nSPS) is 16.2. The number of aliphatic hydroxyl groups is 2. The Hall–Kier alpha value is -2.32. The van der Waals surface area contributed by atoms with Crippen LogP contribution in [-0.4, -0.2) is 80.0 Å². The van der Waals surface area contributed by atoms with E-state index in [1.54, 1.807) is 32.3 Å². The third-order valence-corrected chi connectivity index (χ3v) is 4.20. The summed E-state index contributed by atoms with van der Waals surface area (Å²) >= 11 is 0. The third-order valence-electron chi connectivity index (χ3n) is 4.20. The number of carbonyl (C=O) groups is 2. The molecule has 2 amide bonds. The molecule has 0 saturated carbocycles. The van der Waals surface area contributed by atoms with Gasteiger partial charge >= 0.3 is 0 Å². The Bertz CT molecular complexity index is 631. The molecule has 0 aliphatic carbocycles. The number of aliphatic hydroxyl groups excluding tert-OH is 2. The van der Waals surface area contributed by atoms with Crippen LogP contribution in [0.25, 0.3) is 0 Å². The molecule has 0 fully saturated rings. The highest BCUT2D eigenvalue weighted by atomic mass is 16.5. The van der Waals surface area contributed by atoms with Gasteiger partial charge < -0.3 is 30.1 Å². The lowest BCUT2D eigenvalue weighted by Gasteiger charge is -2.36. The van der Waals surface area contributed by atoms with E-state index in [1.165, 1.54) is 4.90 Å². The molecular formula is C17H25N3O5. The van der Waals surface area contributed by atoms with E-state index in [0.29, 0.717) is 17.9 Å². The Morgan fingerprint density at radius 2 is 2.04 bits per heavy atom. The average Bonchev–Trinajstić information content (AvgIpc) is 2.61. The smallest absolute Gasteiger partial charge is 0.253 e. The molecule has 0 saturated heterocycles. The van der Waals surface area contributed by atoms with Gasteiger partial charge in [0, 0.05) is 26.7 Å². The summed E-state index contributed by atoms with van der Waals surface area (Å²) in [5.41, 5.74) is 1.29. The summed E-state index contributed by atoms with van der Waals surface area (Å²) in [4.78, 5) is 27.6. The minimum absolute atomic E-state index is 0.107. The Labute approximate surface area is 147 Å². The van der Waals surface area contributed by atoms with Crippen LogP contribution in [0, 0.1) is 0 Å². The van der Waals surface area contributed by atoms with E-state index >= 15 is 0 Å². The van der Waals surface area contributed by atoms with Gasteiger partial charge in [-0.15, -0.1) is 0 Å². The highest BCUT2D eigenvalue weighted by molar-refractivity contribution is 5.95. The summed E-state index contributed by atoms with van der Waals surface area (Å²) in [6.45, 7) is -0.309. The summed E-state index contributed by atoms with van der Waals surface area (Å²) < 4.78 is 5.71. The number of amides is 2. The van der Waals surface area contributed by atoms with Gasteiger partial charge in [0.2, 0.25) is 5.91 Å². The number of nitrogens with zero attached hydrogens (tertiary/aromatic N) is 2. The van der Waals surface area contributed by atoms with Gasteiger partial charge in [-0.25, -0.2) is 0 Å². The fraction of sp³-hybridized carbons (Fsp3) is 0.529. The van der Waals surface area contributed by atoms with E-state index in [9.17, 15) is 9.59 Å². The number of anilines is 1. The van der Waals surface area contributed by atoms with Crippen LogP contribution in [0.5, 0.6) is 5.75 Å². The molecule has 1 atom stereocenters. The van der Waals surface area contributed by atoms with Crippen LogP contribution in [0.4, 0.5) is 5.69 Å². The first-order chi connectivity index (χ1) is 11.9. The van der Waals surface area contributed by atoms with Crippen molar-refractivity contribution in [1.29, 1.82) is 0 Å². The number of ether oxygens (including phenoxy) is 1. The van der Waals surface area contributed by atoms with Crippen molar-refractivity contribution in [2.45, 2.75) is 18.5 Å². The van der Waals surface area contributed by atoms with Crippen molar-refractivity contribution >= 4 is 17.5 Å². The second-order valence-electron chi connectivity index (χ2n) is 6.29. The van der Waals surface area contributed by atoms with E-state index in [1.807, 2.05) is 11.9 Å². The molecule has 1 heterocycles. The number of likely N-dealkylation sites (N-methyl/N-ethyl adjacent to an activating group) is 1. The number of benzene rings is 1. The Morgan fingerprint density at radius 1 is 1.36 bits per heavy atom. The maximum Gasteiger partial charge on any atom is 0.253 e. The Balaban J connectivity index is 2.11. The second kappa shape index (κ2) is 8.17. The van der Waals surface area contributed by atoms with Crippen molar-refractivity contribution in [3.8, 4) is 5.75 Å². The number of carbonyl (C=O) groups excluding carboxylic acids is 2. The van der Waals surface area contributed by atoms with Crippen molar-refractivity contribution in [1.82, 2.24) is 10.2 Å². The Kier molecular flexibility index (Phi) is 6.22. The summed E-state index contributed by atoms with van der Waals surface area (Å²) in [5.74, 6) is 0.278. The standard InChI is InChI=1S/C17H25N3O5/c1-19(2)17(24)11-4-5-15-14(6-11)20(3)13(10-25-15)7-16(23)18-12(8-21)9-22/h4-6,12-13,21-22H,7-10H2,1-3H3,(H,18,23)/t13-/m1/s1. The molecule has 0 spiro atoms. The van der Waals surface area contributed by atoms with E-state index in [0.717, 1.165) is 5.69 Å². The predicted molar refractivity (Wildman–Crippen MR) is 92.9 cm³/mol. The summed E-state index contributed by atoms with van der Waals surface area (Å²) in [6, 6.07) is 4.35. The number of fused-ring (bicyclic) bond motifs is 1. The van der Waals surface area contributed by atoms with E-state index < -0.39 is 6.04 Å². The molecule has 1 aliphatic heterocycles. The fourth-order valence-corrected chi connectivity index (χ4v) is 2.65. The van der Waals surface area contributed by atoms with Gasteiger partial charge in [0.25, 0.3) is 5.91 Å². The molecule has 8 heteroatoms. The lowest BCUT2D eigenvalue weighted by atomic mass is 10.1. The molecule has 1 aliphatic rings. The minimum atomic E-state index is -0.668.